The third kappa shape index (κ3) is 23.0. The number of hydrogen-bond donors (Lipinski definition) is 0. The molecule has 1 aromatic carbocycles. The van der Waals surface area contributed by atoms with E-state index in [1.807, 2.05) is 42.5 Å². The van der Waals surface area contributed by atoms with Gasteiger partial charge in [-0.3, -0.25) is 0 Å². The molecule has 30 heavy (non-hydrogen) atoms. The van der Waals surface area contributed by atoms with Crippen molar-refractivity contribution in [1.29, 1.82) is 0 Å². The second-order valence-corrected chi connectivity index (χ2v) is 6.37. The van der Waals surface area contributed by atoms with Crippen molar-refractivity contribution in [1.82, 2.24) is 0 Å². The van der Waals surface area contributed by atoms with Gasteiger partial charge in [-0.15, -0.1) is 0 Å². The molecule has 0 aliphatic heterocycles. The second-order valence-electron chi connectivity index (χ2n) is 6.37. The Balaban J connectivity index is 0. The van der Waals surface area contributed by atoms with Crippen LogP contribution >= 0.6 is 0 Å². The van der Waals surface area contributed by atoms with Crippen LogP contribution in [0.25, 0.3) is 0 Å². The van der Waals surface area contributed by atoms with E-state index in [1.54, 1.807) is 42.7 Å². The van der Waals surface area contributed by atoms with Gasteiger partial charge in [0, 0.05) is 55.9 Å². The summed E-state index contributed by atoms with van der Waals surface area (Å²) in [7, 11) is 10.2. The average molecular weight is 429 g/mol. The van der Waals surface area contributed by atoms with Crippen LogP contribution < -0.4 is 0 Å². The highest BCUT2D eigenvalue weighted by Gasteiger charge is 2.07. The van der Waals surface area contributed by atoms with Gasteiger partial charge in [-0.25, -0.2) is 0 Å². The number of ether oxygens (including phenoxy) is 6. The Kier molecular flexibility index (Phi) is 28.6. The zero-order chi connectivity index (χ0) is 22.7. The van der Waals surface area contributed by atoms with E-state index in [4.69, 9.17) is 28.4 Å². The summed E-state index contributed by atoms with van der Waals surface area (Å²) in [5.41, 5.74) is 1.15. The predicted octanol–water partition coefficient (Wildman–Crippen LogP) is 4.70. The van der Waals surface area contributed by atoms with E-state index in [0.29, 0.717) is 19.8 Å². The molecular weight excluding hydrogens is 384 g/mol. The number of methoxy groups -OCH3 is 6. The zero-order valence-electron chi connectivity index (χ0n) is 19.9. The lowest BCUT2D eigenvalue weighted by molar-refractivity contribution is 0.0275. The van der Waals surface area contributed by atoms with Gasteiger partial charge >= 0.3 is 0 Å². The Bertz CT molecular complexity index is 423. The third-order valence-corrected chi connectivity index (χ3v) is 3.91. The third-order valence-electron chi connectivity index (χ3n) is 3.91. The fourth-order valence-electron chi connectivity index (χ4n) is 2.29. The van der Waals surface area contributed by atoms with E-state index >= 15 is 0 Å². The molecule has 1 aromatic rings. The van der Waals surface area contributed by atoms with Crippen LogP contribution in [0.4, 0.5) is 0 Å². The Morgan fingerprint density at radius 1 is 0.633 bits per heavy atom. The maximum Gasteiger partial charge on any atom is 0.105 e. The van der Waals surface area contributed by atoms with Crippen LogP contribution in [0.15, 0.2) is 42.5 Å². The molecule has 0 aliphatic carbocycles. The van der Waals surface area contributed by atoms with E-state index in [0.717, 1.165) is 18.8 Å². The predicted molar refractivity (Wildman–Crippen MR) is 123 cm³/mol. The number of benzene rings is 1. The van der Waals surface area contributed by atoms with Crippen molar-refractivity contribution < 1.29 is 28.4 Å². The lowest BCUT2D eigenvalue weighted by atomic mass is 10.1. The van der Waals surface area contributed by atoms with Crippen molar-refractivity contribution in [2.45, 2.75) is 31.8 Å². The molecule has 0 spiro atoms. The van der Waals surface area contributed by atoms with Crippen molar-refractivity contribution in [3.8, 4) is 0 Å². The van der Waals surface area contributed by atoms with E-state index < -0.39 is 0 Å². The monoisotopic (exact) mass is 428 g/mol. The minimum Gasteiger partial charge on any atom is -0.385 e. The van der Waals surface area contributed by atoms with Gasteiger partial charge in [-0.2, -0.15) is 0 Å². The molecular formula is C24H44O6. The molecule has 0 N–H and O–H groups in total. The second kappa shape index (κ2) is 27.7. The van der Waals surface area contributed by atoms with Crippen LogP contribution in [0.5, 0.6) is 0 Å². The Hall–Kier alpha value is -1.28. The fraction of sp³-hybridized carbons (Fsp3) is 0.667. The number of unbranched alkanes of at least 4 members (excludes halogenated alkanes) is 3. The maximum atomic E-state index is 5.25. The van der Waals surface area contributed by atoms with E-state index in [9.17, 15) is 0 Å². The fourth-order valence-corrected chi connectivity index (χ4v) is 2.29. The normalized spacial score (nSPS) is 11.4. The molecule has 1 atom stereocenters. The van der Waals surface area contributed by atoms with E-state index in [-0.39, 0.29) is 6.10 Å². The molecule has 0 saturated heterocycles. The standard InChI is InChI=1S/C10H14O2.C8H18O2.C6H12O2/c1-11-8-10(12-2)9-6-4-3-5-7-9;1-9-7-5-3-4-6-8-10-2;1-7-5-3-4-6-8-2/h3-7,10H,8H2,1-2H3;3-8H2,1-2H3;3-4H,5-6H2,1-2H3/b;;4-3+. The topological polar surface area (TPSA) is 55.4 Å². The van der Waals surface area contributed by atoms with Gasteiger partial charge in [-0.1, -0.05) is 55.3 Å². The van der Waals surface area contributed by atoms with Gasteiger partial charge in [0.2, 0.25) is 0 Å². The molecule has 0 aliphatic rings. The molecule has 176 valence electrons. The van der Waals surface area contributed by atoms with Crippen molar-refractivity contribution in [3.63, 3.8) is 0 Å². The highest BCUT2D eigenvalue weighted by atomic mass is 16.5. The molecule has 0 heterocycles. The van der Waals surface area contributed by atoms with Gasteiger partial charge in [0.15, 0.2) is 0 Å². The average Bonchev–Trinajstić information content (AvgIpc) is 2.79. The van der Waals surface area contributed by atoms with Crippen LogP contribution in [0.2, 0.25) is 0 Å². The molecule has 0 amide bonds. The molecule has 6 heteroatoms. The number of rotatable bonds is 15. The summed E-state index contributed by atoms with van der Waals surface area (Å²) in [5.74, 6) is 0. The summed E-state index contributed by atoms with van der Waals surface area (Å²) in [6.45, 7) is 3.73. The summed E-state index contributed by atoms with van der Waals surface area (Å²) < 4.78 is 29.6. The minimum absolute atomic E-state index is 0.0520. The molecule has 0 aromatic heterocycles. The smallest absolute Gasteiger partial charge is 0.105 e. The summed E-state index contributed by atoms with van der Waals surface area (Å²) in [4.78, 5) is 0. The summed E-state index contributed by atoms with van der Waals surface area (Å²) in [6.07, 6.45) is 8.78. The lowest BCUT2D eigenvalue weighted by Crippen LogP contribution is -2.07. The van der Waals surface area contributed by atoms with Crippen LogP contribution in [0, 0.1) is 0 Å². The van der Waals surface area contributed by atoms with Gasteiger partial charge in [0.05, 0.1) is 19.8 Å². The summed E-state index contributed by atoms with van der Waals surface area (Å²) >= 11 is 0. The maximum absolute atomic E-state index is 5.25. The SMILES string of the molecule is COC/C=C/COC.COCC(OC)c1ccccc1.COCCCCCCOC. The van der Waals surface area contributed by atoms with Crippen molar-refractivity contribution >= 4 is 0 Å². The molecule has 0 saturated carbocycles. The van der Waals surface area contributed by atoms with E-state index in [2.05, 4.69) is 0 Å². The van der Waals surface area contributed by atoms with Crippen molar-refractivity contribution in [2.75, 3.05) is 75.7 Å². The van der Waals surface area contributed by atoms with Crippen LogP contribution in [0.3, 0.4) is 0 Å². The first kappa shape index (κ1) is 30.9. The quantitative estimate of drug-likeness (QED) is 0.298. The molecule has 0 bridgehead atoms. The van der Waals surface area contributed by atoms with Crippen molar-refractivity contribution in [3.05, 3.63) is 48.0 Å². The zero-order valence-corrected chi connectivity index (χ0v) is 19.9. The first-order chi connectivity index (χ1) is 14.7. The molecule has 0 fully saturated rings. The van der Waals surface area contributed by atoms with Gasteiger partial charge in [0.1, 0.15) is 6.10 Å². The van der Waals surface area contributed by atoms with Gasteiger partial charge in [-0.05, 0) is 18.4 Å². The summed E-state index contributed by atoms with van der Waals surface area (Å²) in [5, 5.41) is 0. The molecule has 6 nitrogen and oxygen atoms in total. The van der Waals surface area contributed by atoms with Crippen LogP contribution in [-0.2, 0) is 28.4 Å². The lowest BCUT2D eigenvalue weighted by Gasteiger charge is -2.13. The van der Waals surface area contributed by atoms with E-state index in [1.165, 1.54) is 25.7 Å². The Morgan fingerprint density at radius 3 is 1.50 bits per heavy atom. The van der Waals surface area contributed by atoms with Crippen molar-refractivity contribution in [2.24, 2.45) is 0 Å². The Labute approximate surface area is 184 Å². The van der Waals surface area contributed by atoms with Crippen LogP contribution in [-0.4, -0.2) is 75.7 Å². The molecule has 0 radical (unpaired) electrons. The molecule has 1 rings (SSSR count). The first-order valence-electron chi connectivity index (χ1n) is 10.4. The van der Waals surface area contributed by atoms with Gasteiger partial charge < -0.3 is 28.4 Å². The highest BCUT2D eigenvalue weighted by molar-refractivity contribution is 5.17. The Morgan fingerprint density at radius 2 is 1.13 bits per heavy atom. The summed E-state index contributed by atoms with van der Waals surface area (Å²) in [6, 6.07) is 10.1. The minimum atomic E-state index is 0.0520. The highest BCUT2D eigenvalue weighted by Crippen LogP contribution is 2.15. The molecule has 1 unspecified atom stereocenters. The van der Waals surface area contributed by atoms with Crippen LogP contribution in [0.1, 0.15) is 37.4 Å². The largest absolute Gasteiger partial charge is 0.385 e. The van der Waals surface area contributed by atoms with Gasteiger partial charge in [0.25, 0.3) is 0 Å². The number of hydrogen-bond acceptors (Lipinski definition) is 6. The first-order valence-corrected chi connectivity index (χ1v) is 10.4.